The monoisotopic (exact) mass is 320 g/mol. The smallest absolute Gasteiger partial charge is 0.270 e. The number of thiazole rings is 1. The Kier molecular flexibility index (Phi) is 3.89. The highest BCUT2D eigenvalue weighted by Gasteiger charge is 2.12. The van der Waals surface area contributed by atoms with Gasteiger partial charge in [0.15, 0.2) is 16.3 Å². The van der Waals surface area contributed by atoms with E-state index in [-0.39, 0.29) is 11.3 Å². The molecule has 3 rings (SSSR count). The van der Waals surface area contributed by atoms with Crippen LogP contribution >= 0.6 is 11.3 Å². The molecule has 1 aliphatic rings. The molecule has 0 bridgehead atoms. The van der Waals surface area contributed by atoms with Crippen LogP contribution < -0.4 is 24.4 Å². The number of methoxy groups -OCH3 is 2. The van der Waals surface area contributed by atoms with Gasteiger partial charge in [-0.2, -0.15) is 0 Å². The van der Waals surface area contributed by atoms with Crippen LogP contribution in [0.5, 0.6) is 17.2 Å². The number of rotatable bonds is 3. The van der Waals surface area contributed by atoms with Crippen LogP contribution in [-0.4, -0.2) is 30.4 Å². The summed E-state index contributed by atoms with van der Waals surface area (Å²) in [6.45, 7) is 1.48. The Morgan fingerprint density at radius 3 is 2.59 bits per heavy atom. The molecule has 0 radical (unpaired) electrons. The van der Waals surface area contributed by atoms with Crippen molar-refractivity contribution in [3.05, 3.63) is 37.4 Å². The number of phenolic OH excluding ortho intramolecular Hbond substituents is 1. The zero-order valence-electron chi connectivity index (χ0n) is 12.3. The Labute approximate surface area is 130 Å². The number of hydrogen-bond donors (Lipinski definition) is 1. The highest BCUT2D eigenvalue weighted by Crippen LogP contribution is 2.37. The van der Waals surface area contributed by atoms with Gasteiger partial charge < -0.3 is 14.6 Å². The molecule has 2 aromatic rings. The summed E-state index contributed by atoms with van der Waals surface area (Å²) < 4.78 is 12.6. The summed E-state index contributed by atoms with van der Waals surface area (Å²) in [4.78, 5) is 17.5. The van der Waals surface area contributed by atoms with Gasteiger partial charge in [-0.25, -0.2) is 0 Å². The second-order valence-corrected chi connectivity index (χ2v) is 5.87. The molecule has 7 heteroatoms. The number of nitrogens with zero attached hydrogens (tertiary/aromatic N) is 2. The molecule has 0 fully saturated rings. The van der Waals surface area contributed by atoms with Crippen LogP contribution in [0.3, 0.4) is 0 Å². The lowest BCUT2D eigenvalue weighted by Gasteiger charge is -2.09. The van der Waals surface area contributed by atoms with Crippen molar-refractivity contribution in [1.82, 2.24) is 4.57 Å². The first-order valence-electron chi connectivity index (χ1n) is 6.85. The maximum Gasteiger partial charge on any atom is 0.270 e. The van der Waals surface area contributed by atoms with E-state index in [0.717, 1.165) is 23.3 Å². The zero-order valence-corrected chi connectivity index (χ0v) is 13.1. The van der Waals surface area contributed by atoms with E-state index in [1.807, 2.05) is 0 Å². The quantitative estimate of drug-likeness (QED) is 0.893. The van der Waals surface area contributed by atoms with Crippen molar-refractivity contribution >= 4 is 17.4 Å². The van der Waals surface area contributed by atoms with E-state index in [4.69, 9.17) is 9.47 Å². The van der Waals surface area contributed by atoms with E-state index in [9.17, 15) is 9.90 Å². The van der Waals surface area contributed by atoms with Gasteiger partial charge in [0.1, 0.15) is 0 Å². The Morgan fingerprint density at radius 1 is 1.32 bits per heavy atom. The number of hydrogen-bond acceptors (Lipinski definition) is 6. The molecule has 1 aromatic carbocycles. The van der Waals surface area contributed by atoms with Crippen LogP contribution in [-0.2, 0) is 6.54 Å². The highest BCUT2D eigenvalue weighted by molar-refractivity contribution is 7.07. The molecule has 1 aromatic heterocycles. The SMILES string of the molecule is COc1cc(/C=c2/sc3n(c2=O)CCCN=3)cc(OC)c1O. The maximum absolute atomic E-state index is 12.4. The number of benzene rings is 1. The Balaban J connectivity index is 2.18. The molecule has 6 nitrogen and oxygen atoms in total. The topological polar surface area (TPSA) is 73.1 Å². The highest BCUT2D eigenvalue weighted by atomic mass is 32.1. The lowest BCUT2D eigenvalue weighted by atomic mass is 10.1. The fraction of sp³-hybridized carbons (Fsp3) is 0.333. The number of aromatic nitrogens is 1. The Bertz CT molecular complexity index is 857. The molecule has 116 valence electrons. The molecule has 0 atom stereocenters. The Hall–Kier alpha value is -2.28. The van der Waals surface area contributed by atoms with Gasteiger partial charge in [-0.05, 0) is 30.2 Å². The summed E-state index contributed by atoms with van der Waals surface area (Å²) in [6, 6.07) is 3.33. The molecule has 1 aliphatic heterocycles. The number of fused-ring (bicyclic) bond motifs is 1. The first-order chi connectivity index (χ1) is 10.6. The average molecular weight is 320 g/mol. The van der Waals surface area contributed by atoms with Crippen LogP contribution in [0.15, 0.2) is 21.9 Å². The third-order valence-corrected chi connectivity index (χ3v) is 4.52. The first-order valence-corrected chi connectivity index (χ1v) is 7.66. The van der Waals surface area contributed by atoms with Gasteiger partial charge in [-0.3, -0.25) is 14.4 Å². The van der Waals surface area contributed by atoms with Crippen LogP contribution in [0.25, 0.3) is 6.08 Å². The number of aromatic hydroxyl groups is 1. The normalized spacial score (nSPS) is 14.4. The van der Waals surface area contributed by atoms with E-state index < -0.39 is 0 Å². The second kappa shape index (κ2) is 5.84. The second-order valence-electron chi connectivity index (χ2n) is 4.86. The van der Waals surface area contributed by atoms with Gasteiger partial charge in [0.2, 0.25) is 5.75 Å². The summed E-state index contributed by atoms with van der Waals surface area (Å²) in [5, 5.41) is 9.92. The van der Waals surface area contributed by atoms with Crippen molar-refractivity contribution < 1.29 is 14.6 Å². The van der Waals surface area contributed by atoms with Crippen LogP contribution in [0.1, 0.15) is 12.0 Å². The van der Waals surface area contributed by atoms with Crippen molar-refractivity contribution in [2.75, 3.05) is 20.8 Å². The molecule has 0 amide bonds. The van der Waals surface area contributed by atoms with E-state index in [2.05, 4.69) is 4.99 Å². The molecule has 1 N–H and O–H groups in total. The molecular weight excluding hydrogens is 304 g/mol. The van der Waals surface area contributed by atoms with Crippen molar-refractivity contribution in [2.24, 2.45) is 4.99 Å². The molecule has 22 heavy (non-hydrogen) atoms. The minimum atomic E-state index is -0.0562. The van der Waals surface area contributed by atoms with E-state index >= 15 is 0 Å². The fourth-order valence-electron chi connectivity index (χ4n) is 2.37. The minimum Gasteiger partial charge on any atom is -0.502 e. The molecule has 2 heterocycles. The predicted octanol–water partition coefficient (Wildman–Crippen LogP) is 0.485. The van der Waals surface area contributed by atoms with Crippen molar-refractivity contribution in [2.45, 2.75) is 13.0 Å². The summed E-state index contributed by atoms with van der Waals surface area (Å²) in [6.07, 6.45) is 2.66. The van der Waals surface area contributed by atoms with Crippen LogP contribution in [0.2, 0.25) is 0 Å². The third-order valence-electron chi connectivity index (χ3n) is 3.47. The Morgan fingerprint density at radius 2 is 2.00 bits per heavy atom. The summed E-state index contributed by atoms with van der Waals surface area (Å²) >= 11 is 1.37. The van der Waals surface area contributed by atoms with Crippen LogP contribution in [0.4, 0.5) is 0 Å². The summed E-state index contributed by atoms with van der Waals surface area (Å²) in [7, 11) is 2.94. The van der Waals surface area contributed by atoms with Gasteiger partial charge >= 0.3 is 0 Å². The third kappa shape index (κ3) is 2.48. The lowest BCUT2D eigenvalue weighted by molar-refractivity contribution is 0.340. The van der Waals surface area contributed by atoms with E-state index in [1.54, 1.807) is 22.8 Å². The van der Waals surface area contributed by atoms with Gasteiger partial charge in [-0.1, -0.05) is 11.3 Å². The average Bonchev–Trinajstić information content (AvgIpc) is 2.85. The standard InChI is InChI=1S/C15H16N2O4S/c1-20-10-6-9(7-11(21-2)13(10)18)8-12-14(19)17-5-3-4-16-15(17)22-12/h6-8,18H,3-5H2,1-2H3/b12-8+. The maximum atomic E-state index is 12.4. The minimum absolute atomic E-state index is 0.0329. The van der Waals surface area contributed by atoms with Crippen LogP contribution in [0, 0.1) is 0 Å². The van der Waals surface area contributed by atoms with Gasteiger partial charge in [0.05, 0.1) is 18.8 Å². The summed E-state index contributed by atoms with van der Waals surface area (Å²) in [5.74, 6) is 0.549. The summed E-state index contributed by atoms with van der Waals surface area (Å²) in [5.41, 5.74) is 0.692. The van der Waals surface area contributed by atoms with Crippen molar-refractivity contribution in [1.29, 1.82) is 0 Å². The lowest BCUT2D eigenvalue weighted by Crippen LogP contribution is -2.33. The van der Waals surface area contributed by atoms with Gasteiger partial charge in [0, 0.05) is 13.1 Å². The first kappa shape index (κ1) is 14.6. The fourth-order valence-corrected chi connectivity index (χ4v) is 3.40. The molecule has 0 unspecified atom stereocenters. The van der Waals surface area contributed by atoms with Gasteiger partial charge in [-0.15, -0.1) is 0 Å². The zero-order chi connectivity index (χ0) is 15.7. The molecular formula is C15H16N2O4S. The van der Waals surface area contributed by atoms with Crippen molar-refractivity contribution in [3.8, 4) is 17.2 Å². The van der Waals surface area contributed by atoms with Crippen molar-refractivity contribution in [3.63, 3.8) is 0 Å². The van der Waals surface area contributed by atoms with E-state index in [0.29, 0.717) is 22.6 Å². The molecule has 0 saturated heterocycles. The number of ether oxygens (including phenoxy) is 2. The van der Waals surface area contributed by atoms with E-state index in [1.165, 1.54) is 25.6 Å². The molecule has 0 spiro atoms. The van der Waals surface area contributed by atoms with Gasteiger partial charge in [0.25, 0.3) is 5.56 Å². The largest absolute Gasteiger partial charge is 0.502 e. The number of phenols is 1. The molecule has 0 saturated carbocycles. The molecule has 0 aliphatic carbocycles. The predicted molar refractivity (Wildman–Crippen MR) is 83.6 cm³/mol.